The van der Waals surface area contributed by atoms with Gasteiger partial charge < -0.3 is 0 Å². The molecule has 0 saturated carbocycles. The molecule has 1 aliphatic heterocycles. The van der Waals surface area contributed by atoms with E-state index in [9.17, 15) is 34.6 Å². The first kappa shape index (κ1) is 24.8. The lowest BCUT2D eigenvalue weighted by Crippen LogP contribution is -2.34. The molecule has 0 aromatic heterocycles. The number of nitrogens with zero attached hydrogens (tertiary/aromatic N) is 1. The molecular formula is C22H15ClF5NO3S2. The molecule has 0 bridgehead atoms. The molecule has 0 amide bonds. The highest BCUT2D eigenvalue weighted by molar-refractivity contribution is 7.92. The van der Waals surface area contributed by atoms with Gasteiger partial charge in [-0.15, -0.1) is 0 Å². The van der Waals surface area contributed by atoms with Crippen LogP contribution in [0.2, 0.25) is 5.02 Å². The number of hydrogen-bond donors (Lipinski definition) is 0. The van der Waals surface area contributed by atoms with Gasteiger partial charge in [0, 0.05) is 11.6 Å². The van der Waals surface area contributed by atoms with E-state index < -0.39 is 66.1 Å². The maximum atomic E-state index is 14.5. The van der Waals surface area contributed by atoms with Crippen molar-refractivity contribution in [1.82, 2.24) is 4.31 Å². The van der Waals surface area contributed by atoms with E-state index in [1.165, 1.54) is 40.7 Å². The zero-order valence-corrected chi connectivity index (χ0v) is 19.4. The molecule has 1 unspecified atom stereocenters. The Morgan fingerprint density at radius 3 is 1.91 bits per heavy atom. The third-order valence-corrected chi connectivity index (χ3v) is 9.50. The molecule has 4 rings (SSSR count). The number of halogens is 6. The second-order valence-electron chi connectivity index (χ2n) is 7.47. The average Bonchev–Trinajstić information content (AvgIpc) is 3.28. The smallest absolute Gasteiger partial charge is 0.200 e. The quantitative estimate of drug-likeness (QED) is 0.192. The maximum absolute atomic E-state index is 14.5. The van der Waals surface area contributed by atoms with Crippen LogP contribution in [0.15, 0.2) is 64.4 Å². The van der Waals surface area contributed by atoms with Crippen LogP contribution in [0, 0.1) is 29.1 Å². The van der Waals surface area contributed by atoms with Gasteiger partial charge in [0.1, 0.15) is 15.9 Å². The molecule has 0 spiro atoms. The van der Waals surface area contributed by atoms with Crippen LogP contribution in [0.5, 0.6) is 0 Å². The Morgan fingerprint density at radius 2 is 1.35 bits per heavy atom. The SMILES string of the molecule is O=S(c1ccc(Cl)cc1)N1CC[C@H](S(=O)(=O)c2c(F)c(F)c(F)c(F)c2F)[C@H]1c1ccccc1. The van der Waals surface area contributed by atoms with E-state index in [0.29, 0.717) is 15.5 Å². The van der Waals surface area contributed by atoms with E-state index in [-0.39, 0.29) is 13.0 Å². The molecule has 3 aromatic carbocycles. The largest absolute Gasteiger partial charge is 0.237 e. The lowest BCUT2D eigenvalue weighted by Gasteiger charge is -2.28. The van der Waals surface area contributed by atoms with Crippen LogP contribution in [0.4, 0.5) is 22.0 Å². The van der Waals surface area contributed by atoms with Crippen molar-refractivity contribution in [3.63, 3.8) is 0 Å². The van der Waals surface area contributed by atoms with Gasteiger partial charge in [-0.1, -0.05) is 41.9 Å². The minimum absolute atomic E-state index is 0.0892. The molecule has 1 fully saturated rings. The maximum Gasteiger partial charge on any atom is 0.200 e. The first-order valence-electron chi connectivity index (χ1n) is 9.80. The van der Waals surface area contributed by atoms with Crippen molar-refractivity contribution < 1.29 is 34.6 Å². The Hall–Kier alpha value is -2.34. The number of sulfone groups is 1. The highest BCUT2D eigenvalue weighted by atomic mass is 35.5. The van der Waals surface area contributed by atoms with Crippen molar-refractivity contribution in [2.24, 2.45) is 0 Å². The van der Waals surface area contributed by atoms with E-state index in [1.54, 1.807) is 18.2 Å². The third kappa shape index (κ3) is 4.15. The molecule has 12 heteroatoms. The van der Waals surface area contributed by atoms with Gasteiger partial charge in [0.2, 0.25) is 5.82 Å². The number of rotatable bonds is 5. The van der Waals surface area contributed by atoms with Crippen LogP contribution in [-0.2, 0) is 20.8 Å². The van der Waals surface area contributed by atoms with Crippen molar-refractivity contribution in [2.75, 3.05) is 6.54 Å². The van der Waals surface area contributed by atoms with Crippen LogP contribution in [-0.4, -0.2) is 28.7 Å². The van der Waals surface area contributed by atoms with Crippen molar-refractivity contribution >= 4 is 32.4 Å². The molecule has 1 aliphatic rings. The Morgan fingerprint density at radius 1 is 0.824 bits per heavy atom. The van der Waals surface area contributed by atoms with Crippen LogP contribution in [0.25, 0.3) is 0 Å². The molecular weight excluding hydrogens is 521 g/mol. The Balaban J connectivity index is 1.85. The molecule has 3 aromatic rings. The molecule has 180 valence electrons. The predicted molar refractivity (Wildman–Crippen MR) is 116 cm³/mol. The summed E-state index contributed by atoms with van der Waals surface area (Å²) in [4.78, 5) is -1.60. The Kier molecular flexibility index (Phi) is 6.83. The van der Waals surface area contributed by atoms with E-state index in [0.717, 1.165) is 0 Å². The van der Waals surface area contributed by atoms with Crippen LogP contribution >= 0.6 is 11.6 Å². The van der Waals surface area contributed by atoms with Crippen LogP contribution in [0.3, 0.4) is 0 Å². The standard InChI is InChI=1S/C22H15ClF5NO3S2/c23-13-6-8-14(9-7-13)33(30)29-11-10-15(21(29)12-4-2-1-3-5-12)34(31,32)22-19(27)17(25)16(24)18(26)20(22)28/h1-9,15,21H,10-11H2/t15-,21+,33?/m0/s1. The summed E-state index contributed by atoms with van der Waals surface area (Å²) in [5, 5.41) is -1.26. The number of hydrogen-bond acceptors (Lipinski definition) is 3. The van der Waals surface area contributed by atoms with E-state index in [1.807, 2.05) is 0 Å². The zero-order chi connectivity index (χ0) is 24.8. The summed E-state index contributed by atoms with van der Waals surface area (Å²) in [5.74, 6) is -12.0. The average molecular weight is 536 g/mol. The van der Waals surface area contributed by atoms with Crippen molar-refractivity contribution in [2.45, 2.75) is 27.5 Å². The highest BCUT2D eigenvalue weighted by Crippen LogP contribution is 2.42. The summed E-state index contributed by atoms with van der Waals surface area (Å²) in [6.07, 6.45) is -0.263. The Labute approximate surface area is 199 Å². The molecule has 34 heavy (non-hydrogen) atoms. The monoisotopic (exact) mass is 535 g/mol. The molecule has 0 radical (unpaired) electrons. The van der Waals surface area contributed by atoms with Gasteiger partial charge in [-0.3, -0.25) is 0 Å². The molecule has 4 nitrogen and oxygen atoms in total. The predicted octanol–water partition coefficient (Wildman–Crippen LogP) is 5.35. The third-order valence-electron chi connectivity index (χ3n) is 5.52. The van der Waals surface area contributed by atoms with E-state index in [2.05, 4.69) is 0 Å². The fourth-order valence-electron chi connectivity index (χ4n) is 3.95. The first-order valence-corrected chi connectivity index (χ1v) is 12.8. The zero-order valence-electron chi connectivity index (χ0n) is 17.0. The normalized spacial score (nSPS) is 19.9. The van der Waals surface area contributed by atoms with Gasteiger partial charge >= 0.3 is 0 Å². The van der Waals surface area contributed by atoms with Crippen molar-refractivity contribution in [3.8, 4) is 0 Å². The minimum Gasteiger partial charge on any atom is -0.237 e. The summed E-state index contributed by atoms with van der Waals surface area (Å²) in [6, 6.07) is 12.6. The second kappa shape index (κ2) is 9.37. The molecule has 1 saturated heterocycles. The summed E-state index contributed by atoms with van der Waals surface area (Å²) in [7, 11) is -7.03. The summed E-state index contributed by atoms with van der Waals surface area (Å²) < 4.78 is 111. The van der Waals surface area contributed by atoms with Gasteiger partial charge in [-0.25, -0.2) is 38.9 Å². The molecule has 3 atom stereocenters. The van der Waals surface area contributed by atoms with E-state index in [4.69, 9.17) is 11.6 Å². The molecule has 0 aliphatic carbocycles. The molecule has 0 N–H and O–H groups in total. The van der Waals surface area contributed by atoms with Crippen molar-refractivity contribution in [1.29, 1.82) is 0 Å². The van der Waals surface area contributed by atoms with Gasteiger partial charge in [0.15, 0.2) is 33.1 Å². The lowest BCUT2D eigenvalue weighted by atomic mass is 10.1. The fraction of sp³-hybridized carbons (Fsp3) is 0.182. The number of benzene rings is 3. The first-order chi connectivity index (χ1) is 16.1. The van der Waals surface area contributed by atoms with Gasteiger partial charge in [0.05, 0.1) is 16.2 Å². The lowest BCUT2D eigenvalue weighted by molar-refractivity contribution is 0.356. The highest BCUT2D eigenvalue weighted by Gasteiger charge is 2.49. The topological polar surface area (TPSA) is 54.5 Å². The summed E-state index contributed by atoms with van der Waals surface area (Å²) in [5.41, 5.74) is 0.347. The van der Waals surface area contributed by atoms with Crippen LogP contribution < -0.4 is 0 Å². The van der Waals surface area contributed by atoms with E-state index >= 15 is 0 Å². The van der Waals surface area contributed by atoms with Gasteiger partial charge in [0.25, 0.3) is 0 Å². The minimum atomic E-state index is -5.11. The van der Waals surface area contributed by atoms with Crippen LogP contribution in [0.1, 0.15) is 18.0 Å². The summed E-state index contributed by atoms with van der Waals surface area (Å²) in [6.45, 7) is -0.0892. The summed E-state index contributed by atoms with van der Waals surface area (Å²) >= 11 is 5.87. The van der Waals surface area contributed by atoms with Crippen molar-refractivity contribution in [3.05, 3.63) is 94.3 Å². The second-order valence-corrected chi connectivity index (χ2v) is 11.4. The van der Waals surface area contributed by atoms with Gasteiger partial charge in [-0.2, -0.15) is 0 Å². The van der Waals surface area contributed by atoms with Gasteiger partial charge in [-0.05, 0) is 36.2 Å². The molecule has 1 heterocycles. The fourth-order valence-corrected chi connectivity index (χ4v) is 7.58. The Bertz CT molecular complexity index is 1340.